The molecule has 0 fully saturated rings. The van der Waals surface area contributed by atoms with E-state index in [1.807, 2.05) is 0 Å². The predicted octanol–water partition coefficient (Wildman–Crippen LogP) is -0.605. The van der Waals surface area contributed by atoms with Crippen molar-refractivity contribution in [3.8, 4) is 0 Å². The Hall–Kier alpha value is -0.130. The number of sulfone groups is 1. The van der Waals surface area contributed by atoms with Crippen molar-refractivity contribution in [1.82, 2.24) is 0 Å². The fourth-order valence-corrected chi connectivity index (χ4v) is 1.39. The SMILES string of the molecule is COCC(N)CCS(C)(=O)=O. The second kappa shape index (κ2) is 4.69. The van der Waals surface area contributed by atoms with Crippen LogP contribution in [0.3, 0.4) is 0 Å². The first-order chi connectivity index (χ1) is 4.95. The van der Waals surface area contributed by atoms with E-state index in [9.17, 15) is 8.42 Å². The van der Waals surface area contributed by atoms with Crippen molar-refractivity contribution in [2.45, 2.75) is 12.5 Å². The fraction of sp³-hybridized carbons (Fsp3) is 1.00. The smallest absolute Gasteiger partial charge is 0.147 e. The summed E-state index contributed by atoms with van der Waals surface area (Å²) in [6, 6.07) is -0.172. The third-order valence-electron chi connectivity index (χ3n) is 1.24. The van der Waals surface area contributed by atoms with E-state index in [4.69, 9.17) is 10.5 Å². The molecule has 0 aromatic heterocycles. The summed E-state index contributed by atoms with van der Waals surface area (Å²) in [5.41, 5.74) is 5.50. The van der Waals surface area contributed by atoms with Gasteiger partial charge >= 0.3 is 0 Å². The summed E-state index contributed by atoms with van der Waals surface area (Å²) in [6.07, 6.45) is 1.67. The van der Waals surface area contributed by atoms with Gasteiger partial charge in [0.25, 0.3) is 0 Å². The van der Waals surface area contributed by atoms with Crippen LogP contribution >= 0.6 is 0 Å². The van der Waals surface area contributed by atoms with Crippen molar-refractivity contribution in [3.05, 3.63) is 0 Å². The van der Waals surface area contributed by atoms with Crippen molar-refractivity contribution >= 4 is 9.84 Å². The first-order valence-corrected chi connectivity index (χ1v) is 5.44. The molecule has 0 amide bonds. The van der Waals surface area contributed by atoms with Crippen LogP contribution < -0.4 is 5.73 Å². The minimum Gasteiger partial charge on any atom is -0.383 e. The van der Waals surface area contributed by atoms with Crippen LogP contribution in [0.25, 0.3) is 0 Å². The van der Waals surface area contributed by atoms with E-state index in [0.29, 0.717) is 13.0 Å². The highest BCUT2D eigenvalue weighted by Crippen LogP contribution is 1.93. The second-order valence-corrected chi connectivity index (χ2v) is 4.89. The predicted molar refractivity (Wildman–Crippen MR) is 44.2 cm³/mol. The van der Waals surface area contributed by atoms with Gasteiger partial charge in [0.15, 0.2) is 0 Å². The number of nitrogens with two attached hydrogens (primary N) is 1. The van der Waals surface area contributed by atoms with Crippen LogP contribution in [-0.4, -0.2) is 40.2 Å². The maximum Gasteiger partial charge on any atom is 0.147 e. The largest absolute Gasteiger partial charge is 0.383 e. The molecule has 1 atom stereocenters. The zero-order chi connectivity index (χ0) is 8.91. The van der Waals surface area contributed by atoms with Crippen LogP contribution in [0.15, 0.2) is 0 Å². The van der Waals surface area contributed by atoms with Gasteiger partial charge in [-0.15, -0.1) is 0 Å². The molecule has 11 heavy (non-hydrogen) atoms. The average Bonchev–Trinajstić information content (AvgIpc) is 1.83. The fourth-order valence-electron chi connectivity index (χ4n) is 0.663. The number of hydrogen-bond acceptors (Lipinski definition) is 4. The van der Waals surface area contributed by atoms with Gasteiger partial charge in [0.1, 0.15) is 9.84 Å². The molecule has 0 aromatic carbocycles. The van der Waals surface area contributed by atoms with Crippen LogP contribution in [0, 0.1) is 0 Å². The maximum atomic E-state index is 10.6. The molecular weight excluding hydrogens is 166 g/mol. The lowest BCUT2D eigenvalue weighted by atomic mass is 10.3. The van der Waals surface area contributed by atoms with Gasteiger partial charge in [-0.25, -0.2) is 8.42 Å². The number of methoxy groups -OCH3 is 1. The highest BCUT2D eigenvalue weighted by atomic mass is 32.2. The molecule has 0 saturated heterocycles. The van der Waals surface area contributed by atoms with Crippen molar-refractivity contribution in [2.75, 3.05) is 25.7 Å². The Balaban J connectivity index is 3.54. The van der Waals surface area contributed by atoms with Gasteiger partial charge in [-0.05, 0) is 6.42 Å². The molecule has 0 spiro atoms. The summed E-state index contributed by atoms with van der Waals surface area (Å²) in [7, 11) is -1.33. The van der Waals surface area contributed by atoms with Crippen LogP contribution in [0.1, 0.15) is 6.42 Å². The number of ether oxygens (including phenoxy) is 1. The Morgan fingerprint density at radius 1 is 1.55 bits per heavy atom. The van der Waals surface area contributed by atoms with Gasteiger partial charge in [0.05, 0.1) is 12.4 Å². The minimum atomic E-state index is -2.87. The molecule has 0 rings (SSSR count). The Morgan fingerprint density at radius 3 is 2.45 bits per heavy atom. The normalized spacial score (nSPS) is 14.8. The molecule has 0 saturated carbocycles. The van der Waals surface area contributed by atoms with Crippen LogP contribution in [0.2, 0.25) is 0 Å². The lowest BCUT2D eigenvalue weighted by Crippen LogP contribution is -2.28. The third kappa shape index (κ3) is 7.77. The molecule has 0 bridgehead atoms. The summed E-state index contributed by atoms with van der Waals surface area (Å²) in [5, 5.41) is 0. The second-order valence-electron chi connectivity index (χ2n) is 2.63. The molecule has 1 unspecified atom stereocenters. The Labute approximate surface area is 67.6 Å². The number of hydrogen-bond donors (Lipinski definition) is 1. The quantitative estimate of drug-likeness (QED) is 0.614. The lowest BCUT2D eigenvalue weighted by Gasteiger charge is -2.08. The summed E-state index contributed by atoms with van der Waals surface area (Å²) in [6.45, 7) is 0.412. The molecular formula is C6H15NO3S. The van der Waals surface area contributed by atoms with E-state index in [0.717, 1.165) is 0 Å². The molecule has 5 heteroatoms. The summed E-state index contributed by atoms with van der Waals surface area (Å²) in [4.78, 5) is 0. The molecule has 0 aromatic rings. The summed E-state index contributed by atoms with van der Waals surface area (Å²) < 4.78 is 26.0. The van der Waals surface area contributed by atoms with E-state index < -0.39 is 9.84 Å². The number of rotatable bonds is 5. The van der Waals surface area contributed by atoms with Gasteiger partial charge in [-0.1, -0.05) is 0 Å². The van der Waals surface area contributed by atoms with Crippen molar-refractivity contribution in [2.24, 2.45) is 5.73 Å². The maximum absolute atomic E-state index is 10.6. The lowest BCUT2D eigenvalue weighted by molar-refractivity contribution is 0.179. The Bertz CT molecular complexity index is 188. The monoisotopic (exact) mass is 181 g/mol. The first kappa shape index (κ1) is 10.9. The van der Waals surface area contributed by atoms with E-state index in [1.54, 1.807) is 7.11 Å². The Kier molecular flexibility index (Phi) is 4.63. The van der Waals surface area contributed by atoms with Gasteiger partial charge in [-0.3, -0.25) is 0 Å². The molecule has 0 radical (unpaired) electrons. The molecule has 0 aliphatic carbocycles. The van der Waals surface area contributed by atoms with Crippen molar-refractivity contribution < 1.29 is 13.2 Å². The van der Waals surface area contributed by atoms with Crippen molar-refractivity contribution in [1.29, 1.82) is 0 Å². The molecule has 68 valence electrons. The van der Waals surface area contributed by atoms with Crippen LogP contribution in [0.4, 0.5) is 0 Å². The van der Waals surface area contributed by atoms with E-state index >= 15 is 0 Å². The third-order valence-corrected chi connectivity index (χ3v) is 2.22. The Morgan fingerprint density at radius 2 is 2.09 bits per heavy atom. The van der Waals surface area contributed by atoms with Gasteiger partial charge in [-0.2, -0.15) is 0 Å². The van der Waals surface area contributed by atoms with Gasteiger partial charge in [0.2, 0.25) is 0 Å². The highest BCUT2D eigenvalue weighted by molar-refractivity contribution is 7.90. The summed E-state index contributed by atoms with van der Waals surface area (Å²) >= 11 is 0. The van der Waals surface area contributed by atoms with Gasteiger partial charge < -0.3 is 10.5 Å². The summed E-state index contributed by atoms with van der Waals surface area (Å²) in [5.74, 6) is 0.136. The van der Waals surface area contributed by atoms with Gasteiger partial charge in [0, 0.05) is 19.4 Å². The standard InChI is InChI=1S/C6H15NO3S/c1-10-5-6(7)3-4-11(2,8)9/h6H,3-5,7H2,1-2H3. The molecule has 4 nitrogen and oxygen atoms in total. The molecule has 2 N–H and O–H groups in total. The zero-order valence-electron chi connectivity index (χ0n) is 6.91. The minimum absolute atomic E-state index is 0.136. The van der Waals surface area contributed by atoms with Crippen molar-refractivity contribution in [3.63, 3.8) is 0 Å². The molecule has 0 aliphatic heterocycles. The highest BCUT2D eigenvalue weighted by Gasteiger charge is 2.06. The van der Waals surface area contributed by atoms with E-state index in [1.165, 1.54) is 6.26 Å². The van der Waals surface area contributed by atoms with Crippen LogP contribution in [-0.2, 0) is 14.6 Å². The van der Waals surface area contributed by atoms with E-state index in [2.05, 4.69) is 0 Å². The molecule has 0 heterocycles. The van der Waals surface area contributed by atoms with Crippen LogP contribution in [0.5, 0.6) is 0 Å². The molecule has 0 aliphatic rings. The first-order valence-electron chi connectivity index (χ1n) is 3.38. The topological polar surface area (TPSA) is 69.4 Å². The average molecular weight is 181 g/mol. The zero-order valence-corrected chi connectivity index (χ0v) is 7.73. The van der Waals surface area contributed by atoms with E-state index in [-0.39, 0.29) is 11.8 Å².